The molecule has 0 bridgehead atoms. The van der Waals surface area contributed by atoms with Crippen molar-refractivity contribution in [2.24, 2.45) is 0 Å². The molecule has 0 saturated carbocycles. The first-order chi connectivity index (χ1) is 13.2. The van der Waals surface area contributed by atoms with Crippen LogP contribution in [0.5, 0.6) is 28.7 Å². The third-order valence-corrected chi connectivity index (χ3v) is 5.13. The highest BCUT2D eigenvalue weighted by Crippen LogP contribution is 2.53. The second-order valence-electron chi connectivity index (χ2n) is 6.92. The van der Waals surface area contributed by atoms with Gasteiger partial charge in [-0.1, -0.05) is 12.2 Å². The molecule has 0 fully saturated rings. The first-order valence-corrected chi connectivity index (χ1v) is 8.54. The number of ether oxygens (including phenoxy) is 1. The highest BCUT2D eigenvalue weighted by Gasteiger charge is 2.36. The lowest BCUT2D eigenvalue weighted by atomic mass is 9.77. The van der Waals surface area contributed by atoms with Gasteiger partial charge in [0, 0.05) is 35.2 Å². The van der Waals surface area contributed by atoms with Crippen LogP contribution in [-0.2, 0) is 6.42 Å². The fourth-order valence-corrected chi connectivity index (χ4v) is 3.82. The number of allylic oxidation sites excluding steroid dienone is 1. The van der Waals surface area contributed by atoms with Crippen molar-refractivity contribution in [3.8, 4) is 40.1 Å². The molecule has 4 rings (SSSR count). The van der Waals surface area contributed by atoms with Crippen LogP contribution in [0.3, 0.4) is 0 Å². The second kappa shape index (κ2) is 5.95. The van der Waals surface area contributed by atoms with Gasteiger partial charge in [0.2, 0.25) is 0 Å². The zero-order valence-electron chi connectivity index (χ0n) is 15.2. The van der Waals surface area contributed by atoms with Crippen LogP contribution in [0, 0.1) is 0 Å². The smallest absolute Gasteiger partial charge is 0.200 e. The summed E-state index contributed by atoms with van der Waals surface area (Å²) >= 11 is 0. The van der Waals surface area contributed by atoms with E-state index in [0.717, 1.165) is 6.07 Å². The molecular formula is C21H18O7. The normalized spacial score (nSPS) is 15.1. The van der Waals surface area contributed by atoms with E-state index >= 15 is 0 Å². The molecule has 0 radical (unpaired) electrons. The largest absolute Gasteiger partial charge is 0.508 e. The predicted molar refractivity (Wildman–Crippen MR) is 102 cm³/mol. The molecular weight excluding hydrogens is 364 g/mol. The van der Waals surface area contributed by atoms with E-state index in [-0.39, 0.29) is 57.3 Å². The van der Waals surface area contributed by atoms with E-state index < -0.39 is 17.1 Å². The Balaban J connectivity index is 2.18. The molecule has 4 N–H and O–H groups in total. The van der Waals surface area contributed by atoms with Crippen LogP contribution >= 0.6 is 0 Å². The van der Waals surface area contributed by atoms with Crippen molar-refractivity contribution in [2.45, 2.75) is 19.3 Å². The lowest BCUT2D eigenvalue weighted by Crippen LogP contribution is -2.20. The molecule has 1 atom stereocenters. The average Bonchev–Trinajstić information content (AvgIpc) is 2.62. The van der Waals surface area contributed by atoms with Crippen LogP contribution in [0.15, 0.2) is 39.6 Å². The van der Waals surface area contributed by atoms with E-state index in [9.17, 15) is 25.2 Å². The summed E-state index contributed by atoms with van der Waals surface area (Å²) in [6.45, 7) is 5.71. The van der Waals surface area contributed by atoms with Gasteiger partial charge in [-0.25, -0.2) is 0 Å². The predicted octanol–water partition coefficient (Wildman–Crippen LogP) is 3.51. The number of benzene rings is 2. The van der Waals surface area contributed by atoms with E-state index in [1.54, 1.807) is 6.92 Å². The van der Waals surface area contributed by atoms with Gasteiger partial charge >= 0.3 is 0 Å². The number of hydrogen-bond donors (Lipinski definition) is 4. The van der Waals surface area contributed by atoms with Crippen molar-refractivity contribution in [1.29, 1.82) is 0 Å². The van der Waals surface area contributed by atoms with Crippen molar-refractivity contribution in [2.75, 3.05) is 7.11 Å². The molecule has 0 saturated heterocycles. The Hall–Kier alpha value is -3.61. The summed E-state index contributed by atoms with van der Waals surface area (Å²) in [6, 6.07) is 3.51. The second-order valence-corrected chi connectivity index (χ2v) is 6.92. The topological polar surface area (TPSA) is 120 Å². The standard InChI is InChI=1S/C21H18O7/c1-8(2)10-6-11-19(25)17-12(23)4-9(22)5-14(17)28-21(11)18-13(24)7-15(27-3)20(26)16(10)18/h4-5,7,10,22-24,26H,1,6H2,2-3H3/t10-/m0/s1. The molecule has 1 aromatic heterocycles. The van der Waals surface area contributed by atoms with Gasteiger partial charge in [0.05, 0.1) is 12.7 Å². The van der Waals surface area contributed by atoms with E-state index in [4.69, 9.17) is 9.15 Å². The summed E-state index contributed by atoms with van der Waals surface area (Å²) in [7, 11) is 1.37. The third-order valence-electron chi connectivity index (χ3n) is 5.13. The summed E-state index contributed by atoms with van der Waals surface area (Å²) in [6.07, 6.45) is 0.163. The molecule has 0 unspecified atom stereocenters. The molecule has 28 heavy (non-hydrogen) atoms. The lowest BCUT2D eigenvalue weighted by Gasteiger charge is -2.29. The molecule has 0 amide bonds. The van der Waals surface area contributed by atoms with Crippen LogP contribution in [0.4, 0.5) is 0 Å². The maximum atomic E-state index is 13.1. The van der Waals surface area contributed by atoms with Gasteiger partial charge in [-0.05, 0) is 13.3 Å². The molecule has 2 aromatic carbocycles. The minimum atomic E-state index is -0.472. The molecule has 3 aromatic rings. The minimum absolute atomic E-state index is 0.0318. The van der Waals surface area contributed by atoms with Gasteiger partial charge in [0.15, 0.2) is 16.9 Å². The molecule has 1 aliphatic carbocycles. The quantitative estimate of drug-likeness (QED) is 0.395. The van der Waals surface area contributed by atoms with Crippen molar-refractivity contribution in [1.82, 2.24) is 0 Å². The molecule has 1 aliphatic rings. The first-order valence-electron chi connectivity index (χ1n) is 8.54. The Morgan fingerprint density at radius 1 is 1.18 bits per heavy atom. The monoisotopic (exact) mass is 382 g/mol. The van der Waals surface area contributed by atoms with E-state index in [0.29, 0.717) is 11.1 Å². The van der Waals surface area contributed by atoms with E-state index in [1.807, 2.05) is 0 Å². The summed E-state index contributed by atoms with van der Waals surface area (Å²) in [5.41, 5.74) is 0.923. The van der Waals surface area contributed by atoms with Crippen LogP contribution in [0.2, 0.25) is 0 Å². The van der Waals surface area contributed by atoms with Crippen molar-refractivity contribution in [3.05, 3.63) is 51.7 Å². The molecule has 0 aliphatic heterocycles. The van der Waals surface area contributed by atoms with E-state index in [1.165, 1.54) is 19.2 Å². The third kappa shape index (κ3) is 2.32. The SMILES string of the molecule is C=C(C)[C@@H]1Cc2c(oc3cc(O)cc(O)c3c2=O)-c2c(O)cc(OC)c(O)c21. The maximum Gasteiger partial charge on any atom is 0.200 e. The fraction of sp³-hybridized carbons (Fsp3) is 0.190. The van der Waals surface area contributed by atoms with Crippen molar-refractivity contribution in [3.63, 3.8) is 0 Å². The van der Waals surface area contributed by atoms with Crippen LogP contribution in [-0.4, -0.2) is 27.5 Å². The Bertz CT molecular complexity index is 1220. The highest BCUT2D eigenvalue weighted by atomic mass is 16.5. The molecule has 144 valence electrons. The van der Waals surface area contributed by atoms with Gasteiger partial charge in [0.1, 0.15) is 34.0 Å². The van der Waals surface area contributed by atoms with Crippen molar-refractivity contribution < 1.29 is 29.6 Å². The summed E-state index contributed by atoms with van der Waals surface area (Å²) in [5, 5.41) is 41.1. The van der Waals surface area contributed by atoms with Gasteiger partial charge in [-0.2, -0.15) is 0 Å². The fourth-order valence-electron chi connectivity index (χ4n) is 3.82. The maximum absolute atomic E-state index is 13.1. The van der Waals surface area contributed by atoms with Crippen LogP contribution in [0.25, 0.3) is 22.3 Å². The van der Waals surface area contributed by atoms with Gasteiger partial charge in [-0.3, -0.25) is 4.79 Å². The molecule has 0 spiro atoms. The lowest BCUT2D eigenvalue weighted by molar-refractivity contribution is 0.363. The zero-order chi connectivity index (χ0) is 20.3. The van der Waals surface area contributed by atoms with Gasteiger partial charge in [-0.15, -0.1) is 0 Å². The van der Waals surface area contributed by atoms with Gasteiger partial charge in [0.25, 0.3) is 0 Å². The van der Waals surface area contributed by atoms with Gasteiger partial charge < -0.3 is 29.6 Å². The van der Waals surface area contributed by atoms with Crippen molar-refractivity contribution >= 4 is 11.0 Å². The number of methoxy groups -OCH3 is 1. The summed E-state index contributed by atoms with van der Waals surface area (Å²) in [5.74, 6) is -1.38. The highest BCUT2D eigenvalue weighted by molar-refractivity contribution is 5.90. The summed E-state index contributed by atoms with van der Waals surface area (Å²) < 4.78 is 11.0. The molecule has 7 nitrogen and oxygen atoms in total. The first kappa shape index (κ1) is 17.8. The summed E-state index contributed by atoms with van der Waals surface area (Å²) in [4.78, 5) is 13.1. The Morgan fingerprint density at radius 2 is 1.89 bits per heavy atom. The average molecular weight is 382 g/mol. The van der Waals surface area contributed by atoms with E-state index in [2.05, 4.69) is 6.58 Å². The number of fused-ring (bicyclic) bond motifs is 4. The Morgan fingerprint density at radius 3 is 2.54 bits per heavy atom. The number of hydrogen-bond acceptors (Lipinski definition) is 7. The van der Waals surface area contributed by atoms with Crippen LogP contribution in [0.1, 0.15) is 24.0 Å². The Labute approximate surface area is 159 Å². The number of phenols is 4. The molecule has 7 heteroatoms. The minimum Gasteiger partial charge on any atom is -0.508 e. The zero-order valence-corrected chi connectivity index (χ0v) is 15.2. The number of phenolic OH excluding ortho intramolecular Hbond substituents is 4. The number of aromatic hydroxyl groups is 4. The number of rotatable bonds is 2. The molecule has 1 heterocycles. The Kier molecular flexibility index (Phi) is 3.78. The van der Waals surface area contributed by atoms with Crippen LogP contribution < -0.4 is 10.2 Å².